The summed E-state index contributed by atoms with van der Waals surface area (Å²) in [6, 6.07) is 9.09. The summed E-state index contributed by atoms with van der Waals surface area (Å²) in [5.74, 6) is 0.963. The van der Waals surface area contributed by atoms with E-state index in [1.54, 1.807) is 0 Å². The normalized spacial score (nSPS) is 11.2. The molecule has 0 bridgehead atoms. The average molecular weight is 289 g/mol. The molecule has 2 aromatic rings. The lowest BCUT2D eigenvalue weighted by molar-refractivity contribution is 0.205. The standard InChI is InChI=1S/C16H23N3S/c1-4-17-16-10-14(7-8-18-16)11-19(13(2)3)12-15-6-5-9-20-15/h5-10,13H,4,11-12H2,1-3H3,(H,17,18). The highest BCUT2D eigenvalue weighted by Crippen LogP contribution is 2.17. The zero-order chi connectivity index (χ0) is 14.4. The Labute approximate surface area is 125 Å². The maximum Gasteiger partial charge on any atom is 0.126 e. The van der Waals surface area contributed by atoms with Gasteiger partial charge in [-0.2, -0.15) is 0 Å². The molecule has 2 aromatic heterocycles. The SMILES string of the molecule is CCNc1cc(CN(Cc2cccs2)C(C)C)ccn1. The van der Waals surface area contributed by atoms with Gasteiger partial charge < -0.3 is 5.32 Å². The van der Waals surface area contributed by atoms with Gasteiger partial charge in [0.1, 0.15) is 5.82 Å². The number of anilines is 1. The maximum atomic E-state index is 4.33. The highest BCUT2D eigenvalue weighted by Gasteiger charge is 2.12. The summed E-state index contributed by atoms with van der Waals surface area (Å²) in [7, 11) is 0. The minimum atomic E-state index is 0.521. The molecule has 0 atom stereocenters. The van der Waals surface area contributed by atoms with Crippen LogP contribution in [0.2, 0.25) is 0 Å². The van der Waals surface area contributed by atoms with Crippen LogP contribution in [0.25, 0.3) is 0 Å². The van der Waals surface area contributed by atoms with Crippen LogP contribution in [-0.2, 0) is 13.1 Å². The Morgan fingerprint density at radius 3 is 2.80 bits per heavy atom. The van der Waals surface area contributed by atoms with Crippen molar-refractivity contribution < 1.29 is 0 Å². The third-order valence-corrected chi connectivity index (χ3v) is 4.10. The first-order valence-corrected chi connectivity index (χ1v) is 8.02. The van der Waals surface area contributed by atoms with Crippen LogP contribution in [0.15, 0.2) is 35.8 Å². The summed E-state index contributed by atoms with van der Waals surface area (Å²) in [4.78, 5) is 8.23. The predicted octanol–water partition coefficient (Wildman–Crippen LogP) is 3.99. The van der Waals surface area contributed by atoms with E-state index in [-0.39, 0.29) is 0 Å². The molecule has 0 aliphatic rings. The molecule has 0 saturated heterocycles. The van der Waals surface area contributed by atoms with Crippen molar-refractivity contribution in [2.24, 2.45) is 0 Å². The van der Waals surface area contributed by atoms with Crippen molar-refractivity contribution >= 4 is 17.2 Å². The summed E-state index contributed by atoms with van der Waals surface area (Å²) in [5.41, 5.74) is 1.31. The fraction of sp³-hybridized carbons (Fsp3) is 0.438. The van der Waals surface area contributed by atoms with Gasteiger partial charge in [-0.05, 0) is 49.9 Å². The number of nitrogens with zero attached hydrogens (tertiary/aromatic N) is 2. The van der Waals surface area contributed by atoms with Crippen molar-refractivity contribution in [1.29, 1.82) is 0 Å². The second kappa shape index (κ2) is 7.41. The van der Waals surface area contributed by atoms with E-state index in [4.69, 9.17) is 0 Å². The Balaban J connectivity index is 2.05. The van der Waals surface area contributed by atoms with Gasteiger partial charge in [0.25, 0.3) is 0 Å². The van der Waals surface area contributed by atoms with Gasteiger partial charge in [0.05, 0.1) is 0 Å². The molecule has 0 saturated carbocycles. The van der Waals surface area contributed by atoms with Gasteiger partial charge in [-0.3, -0.25) is 4.90 Å². The first-order chi connectivity index (χ1) is 9.69. The van der Waals surface area contributed by atoms with E-state index in [0.29, 0.717) is 6.04 Å². The van der Waals surface area contributed by atoms with Gasteiger partial charge in [-0.15, -0.1) is 11.3 Å². The smallest absolute Gasteiger partial charge is 0.126 e. The molecule has 1 N–H and O–H groups in total. The van der Waals surface area contributed by atoms with Crippen molar-refractivity contribution in [3.05, 3.63) is 46.3 Å². The summed E-state index contributed by atoms with van der Waals surface area (Å²) in [6.45, 7) is 9.45. The van der Waals surface area contributed by atoms with Gasteiger partial charge in [0.2, 0.25) is 0 Å². The van der Waals surface area contributed by atoms with E-state index >= 15 is 0 Å². The van der Waals surface area contributed by atoms with Crippen LogP contribution in [-0.4, -0.2) is 22.5 Å². The van der Waals surface area contributed by atoms with Crippen molar-refractivity contribution in [3.8, 4) is 0 Å². The topological polar surface area (TPSA) is 28.2 Å². The quantitative estimate of drug-likeness (QED) is 0.835. The molecule has 20 heavy (non-hydrogen) atoms. The van der Waals surface area contributed by atoms with Crippen LogP contribution in [0.1, 0.15) is 31.2 Å². The van der Waals surface area contributed by atoms with Crippen molar-refractivity contribution in [1.82, 2.24) is 9.88 Å². The highest BCUT2D eigenvalue weighted by molar-refractivity contribution is 7.09. The molecule has 4 heteroatoms. The second-order valence-corrected chi connectivity index (χ2v) is 6.19. The van der Waals surface area contributed by atoms with Gasteiger partial charge >= 0.3 is 0 Å². The molecule has 2 heterocycles. The Morgan fingerprint density at radius 1 is 1.30 bits per heavy atom. The lowest BCUT2D eigenvalue weighted by atomic mass is 10.2. The Hall–Kier alpha value is -1.39. The number of aromatic nitrogens is 1. The second-order valence-electron chi connectivity index (χ2n) is 5.16. The molecule has 0 aliphatic heterocycles. The van der Waals surface area contributed by atoms with E-state index < -0.39 is 0 Å². The van der Waals surface area contributed by atoms with E-state index in [1.807, 2.05) is 17.5 Å². The minimum Gasteiger partial charge on any atom is -0.370 e. The molecule has 0 fully saturated rings. The third kappa shape index (κ3) is 4.32. The third-order valence-electron chi connectivity index (χ3n) is 3.24. The Kier molecular flexibility index (Phi) is 5.56. The molecule has 0 unspecified atom stereocenters. The number of hydrogen-bond acceptors (Lipinski definition) is 4. The fourth-order valence-electron chi connectivity index (χ4n) is 2.11. The molecule has 3 nitrogen and oxygen atoms in total. The monoisotopic (exact) mass is 289 g/mol. The van der Waals surface area contributed by atoms with Gasteiger partial charge in [0.15, 0.2) is 0 Å². The van der Waals surface area contributed by atoms with E-state index in [2.05, 4.69) is 65.6 Å². The molecule has 0 aromatic carbocycles. The number of hydrogen-bond donors (Lipinski definition) is 1. The van der Waals surface area contributed by atoms with Crippen molar-refractivity contribution in [2.45, 2.75) is 39.9 Å². The Bertz CT molecular complexity index is 508. The van der Waals surface area contributed by atoms with E-state index in [0.717, 1.165) is 25.5 Å². The Morgan fingerprint density at radius 2 is 2.15 bits per heavy atom. The molecule has 0 amide bonds. The number of pyridine rings is 1. The largest absolute Gasteiger partial charge is 0.370 e. The van der Waals surface area contributed by atoms with Crippen molar-refractivity contribution in [2.75, 3.05) is 11.9 Å². The molecular weight excluding hydrogens is 266 g/mol. The number of rotatable bonds is 7. The van der Waals surface area contributed by atoms with Crippen LogP contribution in [0.3, 0.4) is 0 Å². The van der Waals surface area contributed by atoms with Crippen LogP contribution < -0.4 is 5.32 Å². The molecular formula is C16H23N3S. The molecule has 108 valence electrons. The van der Waals surface area contributed by atoms with E-state index in [9.17, 15) is 0 Å². The van der Waals surface area contributed by atoms with Crippen LogP contribution in [0.5, 0.6) is 0 Å². The van der Waals surface area contributed by atoms with E-state index in [1.165, 1.54) is 10.4 Å². The number of nitrogens with one attached hydrogen (secondary N) is 1. The molecule has 2 rings (SSSR count). The van der Waals surface area contributed by atoms with Gasteiger partial charge in [-0.25, -0.2) is 4.98 Å². The molecule has 0 spiro atoms. The lowest BCUT2D eigenvalue weighted by Crippen LogP contribution is -2.29. The molecule has 0 aliphatic carbocycles. The fourth-order valence-corrected chi connectivity index (χ4v) is 2.84. The first-order valence-electron chi connectivity index (χ1n) is 7.14. The van der Waals surface area contributed by atoms with Gasteiger partial charge in [0, 0.05) is 36.8 Å². The zero-order valence-electron chi connectivity index (χ0n) is 12.5. The predicted molar refractivity (Wildman–Crippen MR) is 87.1 cm³/mol. The summed E-state index contributed by atoms with van der Waals surface area (Å²) < 4.78 is 0. The minimum absolute atomic E-state index is 0.521. The molecule has 0 radical (unpaired) electrons. The average Bonchev–Trinajstić information content (AvgIpc) is 2.92. The van der Waals surface area contributed by atoms with Crippen LogP contribution >= 0.6 is 11.3 Å². The summed E-state index contributed by atoms with van der Waals surface area (Å²) in [6.07, 6.45) is 1.89. The zero-order valence-corrected chi connectivity index (χ0v) is 13.3. The van der Waals surface area contributed by atoms with Crippen LogP contribution in [0.4, 0.5) is 5.82 Å². The van der Waals surface area contributed by atoms with Crippen molar-refractivity contribution in [3.63, 3.8) is 0 Å². The summed E-state index contributed by atoms with van der Waals surface area (Å²) in [5, 5.41) is 5.41. The van der Waals surface area contributed by atoms with Crippen LogP contribution in [0, 0.1) is 0 Å². The maximum absolute atomic E-state index is 4.33. The first kappa shape index (κ1) is 15.0. The number of thiophene rings is 1. The summed E-state index contributed by atoms with van der Waals surface area (Å²) >= 11 is 1.82. The van der Waals surface area contributed by atoms with Gasteiger partial charge in [-0.1, -0.05) is 6.07 Å². The lowest BCUT2D eigenvalue weighted by Gasteiger charge is -2.26. The highest BCUT2D eigenvalue weighted by atomic mass is 32.1.